The highest BCUT2D eigenvalue weighted by molar-refractivity contribution is 8.00. The van der Waals surface area contributed by atoms with Gasteiger partial charge in [-0.2, -0.15) is 0 Å². The molecule has 0 aliphatic heterocycles. The molecule has 5 heteroatoms. The van der Waals surface area contributed by atoms with Gasteiger partial charge in [-0.25, -0.2) is 0 Å². The van der Waals surface area contributed by atoms with E-state index < -0.39 is 11.2 Å². The first-order chi connectivity index (χ1) is 11.6. The summed E-state index contributed by atoms with van der Waals surface area (Å²) in [5, 5.41) is 2.47. The van der Waals surface area contributed by atoms with Crippen LogP contribution in [0.4, 0.5) is 0 Å². The predicted octanol–water partition coefficient (Wildman–Crippen LogP) is 3.10. The molecule has 24 heavy (non-hydrogen) atoms. The number of amides is 2. The Labute approximate surface area is 146 Å². The Morgan fingerprint density at radius 1 is 1.12 bits per heavy atom. The van der Waals surface area contributed by atoms with E-state index in [-0.39, 0.29) is 5.91 Å². The van der Waals surface area contributed by atoms with Gasteiger partial charge in [-0.1, -0.05) is 54.6 Å². The summed E-state index contributed by atoms with van der Waals surface area (Å²) in [5.41, 5.74) is 6.92. The number of carbonyl (C=O) groups is 2. The second kappa shape index (κ2) is 8.93. The fourth-order valence-corrected chi connectivity index (χ4v) is 2.95. The van der Waals surface area contributed by atoms with Gasteiger partial charge in [0, 0.05) is 11.4 Å². The molecule has 0 aliphatic carbocycles. The van der Waals surface area contributed by atoms with E-state index >= 15 is 0 Å². The van der Waals surface area contributed by atoms with Crippen LogP contribution in [0.3, 0.4) is 0 Å². The lowest BCUT2D eigenvalue weighted by Gasteiger charge is -2.11. The number of nitrogens with two attached hydrogens (primary N) is 1. The van der Waals surface area contributed by atoms with Gasteiger partial charge in [-0.15, -0.1) is 11.8 Å². The quantitative estimate of drug-likeness (QED) is 0.761. The van der Waals surface area contributed by atoms with Gasteiger partial charge in [0.15, 0.2) is 0 Å². The molecule has 0 radical (unpaired) electrons. The van der Waals surface area contributed by atoms with Crippen LogP contribution in [-0.2, 0) is 4.79 Å². The van der Waals surface area contributed by atoms with Crippen molar-refractivity contribution in [3.63, 3.8) is 0 Å². The molecule has 0 heterocycles. The number of thioether (sulfide) groups is 1. The molecule has 0 saturated heterocycles. The van der Waals surface area contributed by atoms with Gasteiger partial charge in [-0.05, 0) is 24.6 Å². The molecular weight excluding hydrogens is 320 g/mol. The Morgan fingerprint density at radius 2 is 1.79 bits per heavy atom. The summed E-state index contributed by atoms with van der Waals surface area (Å²) in [5.74, 6) is -0.575. The van der Waals surface area contributed by atoms with Crippen LogP contribution in [0, 0.1) is 0 Å². The summed E-state index contributed by atoms with van der Waals surface area (Å²) < 4.78 is 0. The Morgan fingerprint density at radius 3 is 2.50 bits per heavy atom. The van der Waals surface area contributed by atoms with Crippen LogP contribution in [0.2, 0.25) is 0 Å². The van der Waals surface area contributed by atoms with Crippen LogP contribution in [0.25, 0.3) is 6.08 Å². The van der Waals surface area contributed by atoms with E-state index in [0.717, 1.165) is 10.5 Å². The van der Waals surface area contributed by atoms with Crippen LogP contribution in [-0.4, -0.2) is 23.6 Å². The first kappa shape index (κ1) is 17.8. The lowest BCUT2D eigenvalue weighted by molar-refractivity contribution is -0.117. The van der Waals surface area contributed by atoms with Gasteiger partial charge in [0.05, 0.1) is 10.8 Å². The van der Waals surface area contributed by atoms with Crippen molar-refractivity contribution in [1.29, 1.82) is 0 Å². The van der Waals surface area contributed by atoms with Gasteiger partial charge in [0.25, 0.3) is 5.91 Å². The molecule has 2 aromatic rings. The van der Waals surface area contributed by atoms with Gasteiger partial charge >= 0.3 is 0 Å². The third-order valence-corrected chi connectivity index (χ3v) is 4.52. The first-order valence-corrected chi connectivity index (χ1v) is 8.50. The normalized spacial score (nSPS) is 12.0. The average molecular weight is 340 g/mol. The maximum absolute atomic E-state index is 12.4. The Bertz CT molecular complexity index is 729. The average Bonchev–Trinajstić information content (AvgIpc) is 2.60. The van der Waals surface area contributed by atoms with Crippen molar-refractivity contribution < 1.29 is 9.59 Å². The molecule has 0 spiro atoms. The van der Waals surface area contributed by atoms with Gasteiger partial charge in [0.1, 0.15) is 0 Å². The third-order valence-electron chi connectivity index (χ3n) is 3.33. The van der Waals surface area contributed by atoms with Crippen LogP contribution in [0.15, 0.2) is 65.6 Å². The van der Waals surface area contributed by atoms with Crippen molar-refractivity contribution in [2.45, 2.75) is 17.1 Å². The molecule has 0 aliphatic rings. The van der Waals surface area contributed by atoms with Gasteiger partial charge < -0.3 is 11.1 Å². The zero-order valence-electron chi connectivity index (χ0n) is 13.4. The second-order valence-electron chi connectivity index (χ2n) is 5.18. The summed E-state index contributed by atoms with van der Waals surface area (Å²) >= 11 is 1.29. The molecule has 2 amide bonds. The van der Waals surface area contributed by atoms with Gasteiger partial charge in [-0.3, -0.25) is 9.59 Å². The van der Waals surface area contributed by atoms with E-state index in [9.17, 15) is 9.59 Å². The summed E-state index contributed by atoms with van der Waals surface area (Å²) in [4.78, 5) is 24.3. The van der Waals surface area contributed by atoms with E-state index in [2.05, 4.69) is 5.32 Å². The number of benzene rings is 2. The Hall–Kier alpha value is -2.53. The van der Waals surface area contributed by atoms with E-state index in [1.807, 2.05) is 54.6 Å². The van der Waals surface area contributed by atoms with E-state index in [1.54, 1.807) is 19.1 Å². The molecule has 0 saturated carbocycles. The molecule has 0 unspecified atom stereocenters. The van der Waals surface area contributed by atoms with Gasteiger partial charge in [0.2, 0.25) is 5.91 Å². The number of hydrogen-bond donors (Lipinski definition) is 2. The van der Waals surface area contributed by atoms with Crippen LogP contribution >= 0.6 is 11.8 Å². The van der Waals surface area contributed by atoms with Crippen molar-refractivity contribution in [2.75, 3.05) is 6.54 Å². The molecule has 2 rings (SSSR count). The molecule has 1 atom stereocenters. The maximum Gasteiger partial charge on any atom is 0.252 e. The van der Waals surface area contributed by atoms with Crippen molar-refractivity contribution >= 4 is 29.7 Å². The van der Waals surface area contributed by atoms with Crippen LogP contribution in [0.1, 0.15) is 22.8 Å². The van der Waals surface area contributed by atoms with E-state index in [0.29, 0.717) is 12.1 Å². The summed E-state index contributed by atoms with van der Waals surface area (Å²) in [6.45, 7) is 2.16. The second-order valence-corrected chi connectivity index (χ2v) is 6.56. The number of primary amides is 1. The van der Waals surface area contributed by atoms with Crippen LogP contribution in [0.5, 0.6) is 0 Å². The number of carbonyl (C=O) groups excluding carboxylic acids is 2. The van der Waals surface area contributed by atoms with E-state index in [4.69, 9.17) is 5.73 Å². The van der Waals surface area contributed by atoms with Crippen molar-refractivity contribution in [3.05, 3.63) is 71.8 Å². The number of hydrogen-bond acceptors (Lipinski definition) is 3. The minimum absolute atomic E-state index is 0.174. The highest BCUT2D eigenvalue weighted by atomic mass is 32.2. The molecule has 3 N–H and O–H groups in total. The Balaban J connectivity index is 1.97. The summed E-state index contributed by atoms with van der Waals surface area (Å²) in [6.07, 6.45) is 3.85. The number of nitrogens with one attached hydrogen (secondary N) is 1. The largest absolute Gasteiger partial charge is 0.369 e. The maximum atomic E-state index is 12.4. The fourth-order valence-electron chi connectivity index (χ4n) is 2.01. The highest BCUT2D eigenvalue weighted by Gasteiger charge is 2.16. The predicted molar refractivity (Wildman–Crippen MR) is 98.8 cm³/mol. The minimum atomic E-state index is -0.402. The zero-order chi connectivity index (χ0) is 17.4. The molecule has 2 aromatic carbocycles. The minimum Gasteiger partial charge on any atom is -0.369 e. The molecule has 0 fully saturated rings. The van der Waals surface area contributed by atoms with Crippen molar-refractivity contribution in [2.24, 2.45) is 5.73 Å². The molecule has 0 bridgehead atoms. The monoisotopic (exact) mass is 340 g/mol. The van der Waals surface area contributed by atoms with E-state index in [1.165, 1.54) is 11.8 Å². The molecule has 4 nitrogen and oxygen atoms in total. The summed E-state index contributed by atoms with van der Waals surface area (Å²) in [6, 6.07) is 17.1. The lowest BCUT2D eigenvalue weighted by Crippen LogP contribution is -2.25. The van der Waals surface area contributed by atoms with Crippen molar-refractivity contribution in [1.82, 2.24) is 5.32 Å². The summed E-state index contributed by atoms with van der Waals surface area (Å²) in [7, 11) is 0. The molecule has 124 valence electrons. The number of rotatable bonds is 7. The van der Waals surface area contributed by atoms with Crippen molar-refractivity contribution in [3.8, 4) is 0 Å². The fraction of sp³-hybridized carbons (Fsp3) is 0.158. The standard InChI is InChI=1S/C19H20N2O2S/c1-14(18(20)22)24-17-12-6-5-11-16(17)19(23)21-13-7-10-15-8-3-2-4-9-15/h2-12,14H,13H2,1H3,(H2,20,22)(H,21,23)/b10-7+/t14-/m1/s1. The van der Waals surface area contributed by atoms with Crippen LogP contribution < -0.4 is 11.1 Å². The smallest absolute Gasteiger partial charge is 0.252 e. The topological polar surface area (TPSA) is 72.2 Å². The third kappa shape index (κ3) is 5.28. The highest BCUT2D eigenvalue weighted by Crippen LogP contribution is 2.26. The lowest BCUT2D eigenvalue weighted by atomic mass is 10.2. The molecular formula is C19H20N2O2S. The zero-order valence-corrected chi connectivity index (χ0v) is 14.3. The molecule has 0 aromatic heterocycles. The first-order valence-electron chi connectivity index (χ1n) is 7.62. The Kier molecular flexibility index (Phi) is 6.63. The SMILES string of the molecule is C[C@@H](Sc1ccccc1C(=O)NC/C=C/c1ccccc1)C(N)=O.